The fraction of sp³-hybridized carbons (Fsp3) is 0.765. The van der Waals surface area contributed by atoms with Gasteiger partial charge in [0.05, 0.1) is 32.8 Å². The molecule has 8 heteroatoms. The quantitative estimate of drug-likeness (QED) is 0.280. The first kappa shape index (κ1) is 23.5. The van der Waals surface area contributed by atoms with E-state index in [0.29, 0.717) is 0 Å². The number of ether oxygens (including phenoxy) is 6. The highest BCUT2D eigenvalue weighted by Gasteiger charge is 2.34. The van der Waals surface area contributed by atoms with E-state index in [2.05, 4.69) is 6.58 Å². The molecule has 0 aliphatic heterocycles. The molecule has 0 spiro atoms. The molecule has 0 N–H and O–H groups in total. The van der Waals surface area contributed by atoms with Crippen LogP contribution in [0.25, 0.3) is 0 Å². The zero-order valence-electron chi connectivity index (χ0n) is 16.0. The third kappa shape index (κ3) is 8.97. The number of rotatable bonds is 13. The fourth-order valence-corrected chi connectivity index (χ4v) is 1.98. The van der Waals surface area contributed by atoms with Crippen LogP contribution in [0.3, 0.4) is 0 Å². The number of esters is 2. The maximum atomic E-state index is 12.1. The van der Waals surface area contributed by atoms with Crippen molar-refractivity contribution in [3.05, 3.63) is 12.2 Å². The van der Waals surface area contributed by atoms with Gasteiger partial charge in [-0.05, 0) is 27.7 Å². The van der Waals surface area contributed by atoms with Crippen molar-refractivity contribution in [1.29, 1.82) is 0 Å². The lowest BCUT2D eigenvalue weighted by Gasteiger charge is -2.29. The molecule has 0 rings (SSSR count). The van der Waals surface area contributed by atoms with Gasteiger partial charge in [-0.1, -0.05) is 6.58 Å². The van der Waals surface area contributed by atoms with Crippen LogP contribution < -0.4 is 0 Å². The summed E-state index contributed by atoms with van der Waals surface area (Å²) >= 11 is 0. The lowest BCUT2D eigenvalue weighted by molar-refractivity contribution is -0.351. The molecular weight excluding hydrogens is 332 g/mol. The van der Waals surface area contributed by atoms with E-state index in [-0.39, 0.29) is 38.4 Å². The van der Waals surface area contributed by atoms with Crippen LogP contribution in [0.1, 0.15) is 48.0 Å². The molecule has 0 aliphatic rings. The van der Waals surface area contributed by atoms with Crippen molar-refractivity contribution in [1.82, 2.24) is 0 Å². The molecule has 0 radical (unpaired) electrons. The molecule has 0 saturated carbocycles. The number of hydrogen-bond donors (Lipinski definition) is 0. The van der Waals surface area contributed by atoms with E-state index < -0.39 is 23.9 Å². The van der Waals surface area contributed by atoms with E-state index in [9.17, 15) is 9.59 Å². The molecule has 0 aromatic rings. The smallest absolute Gasteiger partial charge is 0.338 e. The van der Waals surface area contributed by atoms with Crippen molar-refractivity contribution < 1.29 is 38.0 Å². The van der Waals surface area contributed by atoms with Gasteiger partial charge in [0.2, 0.25) is 0 Å². The molecule has 25 heavy (non-hydrogen) atoms. The Bertz CT molecular complexity index is 434. The molecule has 0 bridgehead atoms. The van der Waals surface area contributed by atoms with Crippen LogP contribution >= 0.6 is 0 Å². The molecule has 0 fully saturated rings. The predicted octanol–water partition coefficient (Wildman–Crippen LogP) is 2.51. The summed E-state index contributed by atoms with van der Waals surface area (Å²) in [6.45, 7) is 14.6. The van der Waals surface area contributed by atoms with E-state index in [1.54, 1.807) is 27.7 Å². The van der Waals surface area contributed by atoms with Gasteiger partial charge in [-0.2, -0.15) is 0 Å². The van der Waals surface area contributed by atoms with Crippen molar-refractivity contribution in [3.8, 4) is 0 Å². The molecule has 146 valence electrons. The Hall–Kier alpha value is -1.48. The fourth-order valence-electron chi connectivity index (χ4n) is 1.98. The maximum absolute atomic E-state index is 12.1. The molecule has 0 heterocycles. The lowest BCUT2D eigenvalue weighted by Crippen LogP contribution is -2.39. The molecular formula is C17H30O8. The first-order chi connectivity index (χ1) is 11.6. The normalized spacial score (nSPS) is 11.9. The molecule has 0 atom stereocenters. The lowest BCUT2D eigenvalue weighted by atomic mass is 10.2. The Balaban J connectivity index is 4.74. The number of hydrogen-bond acceptors (Lipinski definition) is 8. The van der Waals surface area contributed by atoms with E-state index in [4.69, 9.17) is 28.4 Å². The highest BCUT2D eigenvalue weighted by atomic mass is 16.9. The standard InChI is InChI=1S/C17H30O8/c1-8-20-16(6,21-9-2)24-14(18)12-13(5)15(19)25-17(7,22-10-3)23-11-4/h5,8-12H2,1-4,6-7H3. The van der Waals surface area contributed by atoms with Crippen molar-refractivity contribution in [2.24, 2.45) is 0 Å². The van der Waals surface area contributed by atoms with Crippen LogP contribution in [0.4, 0.5) is 0 Å². The van der Waals surface area contributed by atoms with Gasteiger partial charge in [0.25, 0.3) is 0 Å². The van der Waals surface area contributed by atoms with Gasteiger partial charge in [-0.3, -0.25) is 4.79 Å². The van der Waals surface area contributed by atoms with Crippen LogP contribution in [0.5, 0.6) is 0 Å². The highest BCUT2D eigenvalue weighted by molar-refractivity contribution is 5.93. The molecule has 0 saturated heterocycles. The van der Waals surface area contributed by atoms with Crippen LogP contribution in [0.2, 0.25) is 0 Å². The minimum Gasteiger partial charge on any atom is -0.408 e. The Morgan fingerprint density at radius 3 is 1.48 bits per heavy atom. The third-order valence-electron chi connectivity index (χ3n) is 2.85. The number of carbonyl (C=O) groups excluding carboxylic acids is 2. The largest absolute Gasteiger partial charge is 0.408 e. The summed E-state index contributed by atoms with van der Waals surface area (Å²) in [6.07, 6.45) is -0.386. The summed E-state index contributed by atoms with van der Waals surface area (Å²) < 4.78 is 31.4. The summed E-state index contributed by atoms with van der Waals surface area (Å²) in [5.41, 5.74) is -0.106. The molecule has 0 amide bonds. The minimum absolute atomic E-state index is 0.106. The first-order valence-electron chi connectivity index (χ1n) is 8.34. The van der Waals surface area contributed by atoms with E-state index in [1.165, 1.54) is 13.8 Å². The summed E-state index contributed by atoms with van der Waals surface area (Å²) in [5, 5.41) is 0. The Kier molecular flexibility index (Phi) is 10.5. The monoisotopic (exact) mass is 362 g/mol. The highest BCUT2D eigenvalue weighted by Crippen LogP contribution is 2.20. The van der Waals surface area contributed by atoms with Crippen LogP contribution in [-0.2, 0) is 38.0 Å². The summed E-state index contributed by atoms with van der Waals surface area (Å²) in [7, 11) is 0. The second kappa shape index (κ2) is 11.2. The Labute approximate surface area is 149 Å². The van der Waals surface area contributed by atoms with Crippen molar-refractivity contribution in [2.75, 3.05) is 26.4 Å². The summed E-state index contributed by atoms with van der Waals surface area (Å²) in [4.78, 5) is 24.1. The van der Waals surface area contributed by atoms with E-state index in [0.717, 1.165) is 0 Å². The molecule has 0 aromatic carbocycles. The van der Waals surface area contributed by atoms with Crippen molar-refractivity contribution in [2.45, 2.75) is 59.9 Å². The van der Waals surface area contributed by atoms with Gasteiger partial charge >= 0.3 is 23.9 Å². The van der Waals surface area contributed by atoms with Gasteiger partial charge in [0, 0.05) is 19.4 Å². The van der Waals surface area contributed by atoms with Gasteiger partial charge in [-0.15, -0.1) is 0 Å². The molecule has 8 nitrogen and oxygen atoms in total. The topological polar surface area (TPSA) is 89.5 Å². The van der Waals surface area contributed by atoms with E-state index in [1.807, 2.05) is 0 Å². The summed E-state index contributed by atoms with van der Waals surface area (Å²) in [6, 6.07) is 0. The zero-order valence-corrected chi connectivity index (χ0v) is 16.0. The number of carbonyl (C=O) groups is 2. The SMILES string of the molecule is C=C(CC(=O)OC(C)(OCC)OCC)C(=O)OC(C)(OCC)OCC. The van der Waals surface area contributed by atoms with Crippen molar-refractivity contribution in [3.63, 3.8) is 0 Å². The molecule has 0 aliphatic carbocycles. The van der Waals surface area contributed by atoms with Crippen LogP contribution in [0.15, 0.2) is 12.2 Å². The maximum Gasteiger partial charge on any atom is 0.338 e. The van der Waals surface area contributed by atoms with Gasteiger partial charge in [-0.25, -0.2) is 4.79 Å². The minimum atomic E-state index is -1.54. The Morgan fingerprint density at radius 1 is 0.760 bits per heavy atom. The van der Waals surface area contributed by atoms with Gasteiger partial charge < -0.3 is 28.4 Å². The van der Waals surface area contributed by atoms with Gasteiger partial charge in [0.15, 0.2) is 0 Å². The van der Waals surface area contributed by atoms with E-state index >= 15 is 0 Å². The van der Waals surface area contributed by atoms with Crippen molar-refractivity contribution >= 4 is 11.9 Å². The second-order valence-electron chi connectivity index (χ2n) is 5.10. The molecule has 0 aromatic heterocycles. The zero-order chi connectivity index (χ0) is 19.5. The average molecular weight is 362 g/mol. The van der Waals surface area contributed by atoms with Crippen LogP contribution in [0, 0.1) is 0 Å². The predicted molar refractivity (Wildman–Crippen MR) is 89.3 cm³/mol. The average Bonchev–Trinajstić information content (AvgIpc) is 2.47. The van der Waals surface area contributed by atoms with Crippen LogP contribution in [-0.4, -0.2) is 50.3 Å². The van der Waals surface area contributed by atoms with Gasteiger partial charge in [0.1, 0.15) is 0 Å². The second-order valence-corrected chi connectivity index (χ2v) is 5.10. The Morgan fingerprint density at radius 2 is 1.12 bits per heavy atom. The first-order valence-corrected chi connectivity index (χ1v) is 8.34. The summed E-state index contributed by atoms with van der Waals surface area (Å²) in [5.74, 6) is -4.62. The third-order valence-corrected chi connectivity index (χ3v) is 2.85. The molecule has 0 unspecified atom stereocenters.